The fraction of sp³-hybridized carbons (Fsp3) is 0.692. The highest BCUT2D eigenvalue weighted by atomic mass is 35.5. The number of hydrogen-bond acceptors (Lipinski definition) is 5. The van der Waals surface area contributed by atoms with Gasteiger partial charge in [0.2, 0.25) is 0 Å². The number of carbonyl (C=O) groups is 1. The molecule has 1 atom stereocenters. The molecule has 0 aliphatic carbocycles. The number of likely N-dealkylation sites (tertiary alicyclic amines) is 1. The molecule has 4 nitrogen and oxygen atoms in total. The molecule has 0 N–H and O–H groups in total. The fourth-order valence-corrected chi connectivity index (χ4v) is 3.21. The number of esters is 1. The molecule has 1 aromatic heterocycles. The molecule has 0 bridgehead atoms. The van der Waals surface area contributed by atoms with Gasteiger partial charge in [-0.05, 0) is 40.2 Å². The maximum absolute atomic E-state index is 12.2. The van der Waals surface area contributed by atoms with Crippen LogP contribution in [0.15, 0.2) is 6.20 Å². The third-order valence-corrected chi connectivity index (χ3v) is 4.03. The zero-order valence-corrected chi connectivity index (χ0v) is 13.1. The average molecular weight is 303 g/mol. The molecule has 1 aliphatic heterocycles. The van der Waals surface area contributed by atoms with Gasteiger partial charge in [-0.2, -0.15) is 0 Å². The normalized spacial score (nSPS) is 20.7. The molecule has 2 rings (SSSR count). The lowest BCUT2D eigenvalue weighted by atomic mass is 10.1. The second kappa shape index (κ2) is 5.77. The molecular weight excluding hydrogens is 284 g/mol. The Labute approximate surface area is 122 Å². The number of halogens is 1. The van der Waals surface area contributed by atoms with Crippen LogP contribution >= 0.6 is 22.9 Å². The smallest absolute Gasteiger partial charge is 0.323 e. The van der Waals surface area contributed by atoms with Crippen molar-refractivity contribution in [2.75, 3.05) is 6.54 Å². The molecule has 1 aliphatic rings. The summed E-state index contributed by atoms with van der Waals surface area (Å²) in [4.78, 5) is 19.4. The van der Waals surface area contributed by atoms with E-state index in [9.17, 15) is 4.79 Å². The first-order chi connectivity index (χ1) is 8.85. The lowest BCUT2D eigenvalue weighted by Crippen LogP contribution is -2.39. The Morgan fingerprint density at radius 3 is 2.95 bits per heavy atom. The first-order valence-corrected chi connectivity index (χ1v) is 7.62. The van der Waals surface area contributed by atoms with E-state index in [0.717, 1.165) is 24.3 Å². The van der Waals surface area contributed by atoms with Crippen LogP contribution in [-0.4, -0.2) is 34.0 Å². The fourth-order valence-electron chi connectivity index (χ4n) is 2.21. The first-order valence-electron chi connectivity index (χ1n) is 6.42. The minimum absolute atomic E-state index is 0.124. The number of ether oxygens (including phenoxy) is 1. The number of rotatable bonds is 3. The summed E-state index contributed by atoms with van der Waals surface area (Å²) in [6.07, 6.45) is 3.66. The molecule has 0 saturated carbocycles. The maximum atomic E-state index is 12.2. The molecule has 1 saturated heterocycles. The van der Waals surface area contributed by atoms with E-state index >= 15 is 0 Å². The minimum atomic E-state index is -0.431. The standard InChI is InChI=1S/C13H19ClN2O2S/c1-13(2,3)18-11(17)10-5-4-6-16(10)8-9-7-15-12(14)19-9/h7,10H,4-6,8H2,1-3H3/t10-/m1/s1. The van der Waals surface area contributed by atoms with Crippen LogP contribution < -0.4 is 0 Å². The Bertz CT molecular complexity index is 456. The number of hydrogen-bond donors (Lipinski definition) is 0. The third kappa shape index (κ3) is 4.16. The third-order valence-electron chi connectivity index (χ3n) is 2.93. The quantitative estimate of drug-likeness (QED) is 0.805. The van der Waals surface area contributed by atoms with Gasteiger partial charge in [-0.15, -0.1) is 11.3 Å². The zero-order chi connectivity index (χ0) is 14.0. The van der Waals surface area contributed by atoms with Crippen LogP contribution in [0.3, 0.4) is 0 Å². The molecule has 19 heavy (non-hydrogen) atoms. The van der Waals surface area contributed by atoms with E-state index in [0.29, 0.717) is 11.0 Å². The largest absolute Gasteiger partial charge is 0.459 e. The molecular formula is C13H19ClN2O2S. The van der Waals surface area contributed by atoms with Crippen molar-refractivity contribution in [3.63, 3.8) is 0 Å². The van der Waals surface area contributed by atoms with E-state index in [2.05, 4.69) is 9.88 Å². The summed E-state index contributed by atoms with van der Waals surface area (Å²) in [7, 11) is 0. The lowest BCUT2D eigenvalue weighted by Gasteiger charge is -2.26. The van der Waals surface area contributed by atoms with Gasteiger partial charge in [0, 0.05) is 17.6 Å². The Hall–Kier alpha value is -0.650. The van der Waals surface area contributed by atoms with Crippen LogP contribution in [0.25, 0.3) is 0 Å². The lowest BCUT2D eigenvalue weighted by molar-refractivity contribution is -0.160. The van der Waals surface area contributed by atoms with Crippen molar-refractivity contribution in [2.24, 2.45) is 0 Å². The SMILES string of the molecule is CC(C)(C)OC(=O)[C@H]1CCCN1Cc1cnc(Cl)s1. The van der Waals surface area contributed by atoms with Crippen LogP contribution in [0, 0.1) is 0 Å². The topological polar surface area (TPSA) is 42.4 Å². The Balaban J connectivity index is 1.98. The molecule has 106 valence electrons. The van der Waals surface area contributed by atoms with Crippen LogP contribution in [0.4, 0.5) is 0 Å². The summed E-state index contributed by atoms with van der Waals surface area (Å²) < 4.78 is 6.02. The predicted molar refractivity (Wildman–Crippen MR) is 76.4 cm³/mol. The highest BCUT2D eigenvalue weighted by Gasteiger charge is 2.34. The van der Waals surface area contributed by atoms with Crippen LogP contribution in [0.1, 0.15) is 38.5 Å². The van der Waals surface area contributed by atoms with Gasteiger partial charge in [-0.1, -0.05) is 11.6 Å². The average Bonchev–Trinajstić information content (AvgIpc) is 2.86. The minimum Gasteiger partial charge on any atom is -0.459 e. The van der Waals surface area contributed by atoms with Gasteiger partial charge in [0.25, 0.3) is 0 Å². The monoisotopic (exact) mass is 302 g/mol. The van der Waals surface area contributed by atoms with Crippen molar-refractivity contribution in [2.45, 2.75) is 51.8 Å². The van der Waals surface area contributed by atoms with Crippen molar-refractivity contribution in [3.8, 4) is 0 Å². The van der Waals surface area contributed by atoms with Crippen molar-refractivity contribution < 1.29 is 9.53 Å². The molecule has 6 heteroatoms. The van der Waals surface area contributed by atoms with Crippen LogP contribution in [0.2, 0.25) is 4.47 Å². The number of carbonyl (C=O) groups excluding carboxylic acids is 1. The number of aromatic nitrogens is 1. The molecule has 1 fully saturated rings. The van der Waals surface area contributed by atoms with Gasteiger partial charge < -0.3 is 4.74 Å². The highest BCUT2D eigenvalue weighted by molar-refractivity contribution is 7.15. The zero-order valence-electron chi connectivity index (χ0n) is 11.5. The van der Waals surface area contributed by atoms with Gasteiger partial charge in [0.15, 0.2) is 4.47 Å². The number of thiazole rings is 1. The van der Waals surface area contributed by atoms with Gasteiger partial charge in [-0.3, -0.25) is 9.69 Å². The molecule has 0 aromatic carbocycles. The van der Waals surface area contributed by atoms with Gasteiger partial charge in [0.05, 0.1) is 0 Å². The Morgan fingerprint density at radius 2 is 2.37 bits per heavy atom. The number of nitrogens with zero attached hydrogens (tertiary/aromatic N) is 2. The summed E-state index contributed by atoms with van der Waals surface area (Å²) in [5.41, 5.74) is -0.431. The second-order valence-electron chi connectivity index (χ2n) is 5.74. The van der Waals surface area contributed by atoms with Crippen LogP contribution in [-0.2, 0) is 16.1 Å². The second-order valence-corrected chi connectivity index (χ2v) is 7.44. The van der Waals surface area contributed by atoms with E-state index in [1.54, 1.807) is 6.20 Å². The van der Waals surface area contributed by atoms with E-state index in [-0.39, 0.29) is 12.0 Å². The van der Waals surface area contributed by atoms with Gasteiger partial charge in [-0.25, -0.2) is 4.98 Å². The van der Waals surface area contributed by atoms with E-state index < -0.39 is 5.60 Å². The molecule has 0 radical (unpaired) electrons. The molecule has 1 aromatic rings. The first kappa shape index (κ1) is 14.8. The van der Waals surface area contributed by atoms with Crippen molar-refractivity contribution in [1.82, 2.24) is 9.88 Å². The summed E-state index contributed by atoms with van der Waals surface area (Å²) in [5.74, 6) is -0.124. The maximum Gasteiger partial charge on any atom is 0.323 e. The predicted octanol–water partition coefficient (Wildman–Crippen LogP) is 3.10. The van der Waals surface area contributed by atoms with Crippen molar-refractivity contribution >= 4 is 28.9 Å². The van der Waals surface area contributed by atoms with E-state index in [1.807, 2.05) is 20.8 Å². The summed E-state index contributed by atoms with van der Waals surface area (Å²) in [6, 6.07) is -0.139. The van der Waals surface area contributed by atoms with E-state index in [4.69, 9.17) is 16.3 Å². The summed E-state index contributed by atoms with van der Waals surface area (Å²) in [6.45, 7) is 7.32. The molecule has 0 unspecified atom stereocenters. The highest BCUT2D eigenvalue weighted by Crippen LogP contribution is 2.26. The van der Waals surface area contributed by atoms with E-state index in [1.165, 1.54) is 11.3 Å². The summed E-state index contributed by atoms with van der Waals surface area (Å²) >= 11 is 7.29. The Morgan fingerprint density at radius 1 is 1.63 bits per heavy atom. The van der Waals surface area contributed by atoms with Gasteiger partial charge >= 0.3 is 5.97 Å². The summed E-state index contributed by atoms with van der Waals surface area (Å²) in [5, 5.41) is 0. The van der Waals surface area contributed by atoms with Crippen molar-refractivity contribution in [3.05, 3.63) is 15.5 Å². The van der Waals surface area contributed by atoms with Gasteiger partial charge in [0.1, 0.15) is 11.6 Å². The van der Waals surface area contributed by atoms with Crippen molar-refractivity contribution in [1.29, 1.82) is 0 Å². The molecule has 0 amide bonds. The molecule has 0 spiro atoms. The molecule has 2 heterocycles. The Kier molecular flexibility index (Phi) is 4.48. The van der Waals surface area contributed by atoms with Crippen LogP contribution in [0.5, 0.6) is 0 Å².